The van der Waals surface area contributed by atoms with Gasteiger partial charge in [0.2, 0.25) is 5.91 Å². The van der Waals surface area contributed by atoms with Crippen molar-refractivity contribution in [3.05, 3.63) is 92.7 Å². The third-order valence-electron chi connectivity index (χ3n) is 7.75. The Bertz CT molecular complexity index is 1210. The van der Waals surface area contributed by atoms with E-state index in [-0.39, 0.29) is 30.4 Å². The molecule has 0 saturated heterocycles. The minimum absolute atomic E-state index is 0.0199. The lowest BCUT2D eigenvalue weighted by Crippen LogP contribution is -2.47. The predicted molar refractivity (Wildman–Crippen MR) is 151 cm³/mol. The summed E-state index contributed by atoms with van der Waals surface area (Å²) in [5.41, 5.74) is 5.54. The second-order valence-corrected chi connectivity index (χ2v) is 11.6. The Hall–Kier alpha value is -2.92. The Morgan fingerprint density at radius 2 is 1.73 bits per heavy atom. The zero-order valence-corrected chi connectivity index (χ0v) is 22.9. The maximum absolute atomic E-state index is 13.8. The van der Waals surface area contributed by atoms with Gasteiger partial charge in [-0.05, 0) is 79.3 Å². The van der Waals surface area contributed by atoms with E-state index in [4.69, 9.17) is 0 Å². The molecule has 1 fully saturated rings. The highest BCUT2D eigenvalue weighted by molar-refractivity contribution is 7.10. The number of nitrogens with zero attached hydrogens (tertiary/aromatic N) is 2. The van der Waals surface area contributed by atoms with Gasteiger partial charge in [-0.15, -0.1) is 11.3 Å². The van der Waals surface area contributed by atoms with Crippen molar-refractivity contribution in [1.82, 2.24) is 9.80 Å². The highest BCUT2D eigenvalue weighted by atomic mass is 32.1. The Morgan fingerprint density at radius 3 is 2.43 bits per heavy atom. The number of fused-ring (bicyclic) bond motifs is 1. The lowest BCUT2D eigenvalue weighted by atomic mass is 9.92. The highest BCUT2D eigenvalue weighted by Gasteiger charge is 2.38. The Labute approximate surface area is 225 Å². The molecule has 37 heavy (non-hydrogen) atoms. The van der Waals surface area contributed by atoms with Crippen LogP contribution >= 0.6 is 11.3 Å². The van der Waals surface area contributed by atoms with Crippen LogP contribution in [0.2, 0.25) is 0 Å². The monoisotopic (exact) mass is 514 g/mol. The van der Waals surface area contributed by atoms with Crippen molar-refractivity contribution in [3.63, 3.8) is 0 Å². The minimum atomic E-state index is -0.0914. The van der Waals surface area contributed by atoms with E-state index >= 15 is 0 Å². The van der Waals surface area contributed by atoms with Gasteiger partial charge < -0.3 is 9.80 Å². The molecule has 1 aliphatic carbocycles. The number of hydrogen-bond acceptors (Lipinski definition) is 3. The first-order valence-corrected chi connectivity index (χ1v) is 14.8. The van der Waals surface area contributed by atoms with Crippen LogP contribution in [-0.2, 0) is 17.6 Å². The molecule has 2 aromatic carbocycles. The van der Waals surface area contributed by atoms with Gasteiger partial charge in [-0.2, -0.15) is 0 Å². The molecular weight excluding hydrogens is 476 g/mol. The number of carbonyl (C=O) groups is 2. The quantitative estimate of drug-likeness (QED) is 0.275. The molecule has 1 atom stereocenters. The molecule has 0 radical (unpaired) electrons. The fourth-order valence-electron chi connectivity index (χ4n) is 5.42. The van der Waals surface area contributed by atoms with Gasteiger partial charge in [0.05, 0.1) is 6.04 Å². The molecule has 1 aromatic heterocycles. The molecule has 5 rings (SSSR count). The number of aryl methyl sites for hydroxylation is 2. The standard InChI is InChI=1S/C32H38N2O2S/c1-3-4-5-6-7-24-10-14-26(15-11-24)32(36)34(27-16-17-27)22-30(35)33-20-18-29-28(19-21-37-29)31(33)25-12-8-23(2)9-13-25/h8-15,19,21,27,31H,3-7,16-18,20,22H2,1-2H3/t31-/m1/s1. The molecule has 1 saturated carbocycles. The van der Waals surface area contributed by atoms with Gasteiger partial charge in [-0.25, -0.2) is 0 Å². The van der Waals surface area contributed by atoms with Crippen LogP contribution in [-0.4, -0.2) is 40.7 Å². The van der Waals surface area contributed by atoms with Crippen LogP contribution in [0, 0.1) is 6.92 Å². The van der Waals surface area contributed by atoms with E-state index in [1.807, 2.05) is 21.9 Å². The van der Waals surface area contributed by atoms with E-state index in [0.717, 1.165) is 31.2 Å². The number of thiophene rings is 1. The van der Waals surface area contributed by atoms with Gasteiger partial charge in [0, 0.05) is 23.0 Å². The smallest absolute Gasteiger partial charge is 0.254 e. The summed E-state index contributed by atoms with van der Waals surface area (Å²) in [7, 11) is 0. The summed E-state index contributed by atoms with van der Waals surface area (Å²) < 4.78 is 0. The molecule has 4 nitrogen and oxygen atoms in total. The number of amides is 2. The van der Waals surface area contributed by atoms with E-state index in [1.165, 1.54) is 47.3 Å². The van der Waals surface area contributed by atoms with Gasteiger partial charge >= 0.3 is 0 Å². The third-order valence-corrected chi connectivity index (χ3v) is 8.75. The molecule has 2 aliphatic rings. The van der Waals surface area contributed by atoms with Crippen molar-refractivity contribution in [2.45, 2.75) is 77.3 Å². The first kappa shape index (κ1) is 25.7. The number of carbonyl (C=O) groups excluding carboxylic acids is 2. The lowest BCUT2D eigenvalue weighted by molar-refractivity contribution is -0.134. The average molecular weight is 515 g/mol. The van der Waals surface area contributed by atoms with E-state index in [9.17, 15) is 9.59 Å². The molecule has 2 heterocycles. The summed E-state index contributed by atoms with van der Waals surface area (Å²) in [5.74, 6) is 0.0173. The number of hydrogen-bond donors (Lipinski definition) is 0. The van der Waals surface area contributed by atoms with Crippen molar-refractivity contribution in [3.8, 4) is 0 Å². The first-order valence-electron chi connectivity index (χ1n) is 13.9. The summed E-state index contributed by atoms with van der Waals surface area (Å²) in [4.78, 5) is 32.6. The summed E-state index contributed by atoms with van der Waals surface area (Å²) in [6, 6.07) is 18.8. The van der Waals surface area contributed by atoms with Gasteiger partial charge in [0.15, 0.2) is 0 Å². The largest absolute Gasteiger partial charge is 0.330 e. The normalized spacial score (nSPS) is 16.9. The zero-order chi connectivity index (χ0) is 25.8. The molecule has 0 N–H and O–H groups in total. The van der Waals surface area contributed by atoms with Crippen molar-refractivity contribution in [2.24, 2.45) is 0 Å². The third kappa shape index (κ3) is 5.98. The molecule has 0 spiro atoms. The van der Waals surface area contributed by atoms with E-state index in [0.29, 0.717) is 12.1 Å². The van der Waals surface area contributed by atoms with Crippen LogP contribution in [0.4, 0.5) is 0 Å². The highest BCUT2D eigenvalue weighted by Crippen LogP contribution is 2.38. The topological polar surface area (TPSA) is 40.6 Å². The molecule has 0 unspecified atom stereocenters. The van der Waals surface area contributed by atoms with Crippen LogP contribution in [0.3, 0.4) is 0 Å². The zero-order valence-electron chi connectivity index (χ0n) is 22.1. The lowest BCUT2D eigenvalue weighted by Gasteiger charge is -2.37. The fourth-order valence-corrected chi connectivity index (χ4v) is 6.32. The maximum Gasteiger partial charge on any atom is 0.254 e. The molecule has 1 aliphatic heterocycles. The summed E-state index contributed by atoms with van der Waals surface area (Å²) in [6.07, 6.45) is 8.83. The van der Waals surface area contributed by atoms with Gasteiger partial charge in [-0.1, -0.05) is 68.1 Å². The van der Waals surface area contributed by atoms with E-state index in [1.54, 1.807) is 11.3 Å². The van der Waals surface area contributed by atoms with Gasteiger partial charge in [-0.3, -0.25) is 9.59 Å². The Morgan fingerprint density at radius 1 is 0.973 bits per heavy atom. The van der Waals surface area contributed by atoms with E-state index in [2.05, 4.69) is 61.7 Å². The van der Waals surface area contributed by atoms with Crippen molar-refractivity contribution in [1.29, 1.82) is 0 Å². The Balaban J connectivity index is 1.31. The van der Waals surface area contributed by atoms with Crippen LogP contribution in [0.25, 0.3) is 0 Å². The Kier molecular flexibility index (Phi) is 8.09. The summed E-state index contributed by atoms with van der Waals surface area (Å²) >= 11 is 1.78. The minimum Gasteiger partial charge on any atom is -0.330 e. The summed E-state index contributed by atoms with van der Waals surface area (Å²) in [6.45, 7) is 5.14. The fraction of sp³-hybridized carbons (Fsp3) is 0.438. The van der Waals surface area contributed by atoms with Gasteiger partial charge in [0.1, 0.15) is 6.54 Å². The van der Waals surface area contributed by atoms with Crippen molar-refractivity contribution < 1.29 is 9.59 Å². The number of unbranched alkanes of at least 4 members (excludes halogenated alkanes) is 3. The molecule has 2 amide bonds. The second-order valence-electron chi connectivity index (χ2n) is 10.6. The predicted octanol–water partition coefficient (Wildman–Crippen LogP) is 6.96. The van der Waals surface area contributed by atoms with Crippen molar-refractivity contribution in [2.75, 3.05) is 13.1 Å². The van der Waals surface area contributed by atoms with Crippen LogP contribution < -0.4 is 0 Å². The molecular formula is C32H38N2O2S. The average Bonchev–Trinajstić information content (AvgIpc) is 3.65. The SMILES string of the molecule is CCCCCCc1ccc(C(=O)N(CC(=O)N2CCc3sccc3[C@H]2c2ccc(C)cc2)C2CC2)cc1. The maximum atomic E-state index is 13.8. The molecule has 5 heteroatoms. The van der Waals surface area contributed by atoms with E-state index < -0.39 is 0 Å². The number of rotatable bonds is 10. The second kappa shape index (κ2) is 11.6. The van der Waals surface area contributed by atoms with Crippen LogP contribution in [0.1, 0.15) is 89.0 Å². The van der Waals surface area contributed by atoms with Crippen molar-refractivity contribution >= 4 is 23.2 Å². The van der Waals surface area contributed by atoms with Gasteiger partial charge in [0.25, 0.3) is 5.91 Å². The summed E-state index contributed by atoms with van der Waals surface area (Å²) in [5, 5.41) is 2.13. The molecule has 194 valence electrons. The first-order chi connectivity index (χ1) is 18.0. The molecule has 3 aromatic rings. The van der Waals surface area contributed by atoms with Crippen LogP contribution in [0.15, 0.2) is 60.0 Å². The molecule has 0 bridgehead atoms. The van der Waals surface area contributed by atoms with Crippen LogP contribution in [0.5, 0.6) is 0 Å². The number of benzene rings is 2.